The molecular weight excluding hydrogens is 797 g/mol. The lowest BCUT2D eigenvalue weighted by atomic mass is 9.67. The Morgan fingerprint density at radius 2 is 0.909 bits per heavy atom. The molecule has 0 amide bonds. The van der Waals surface area contributed by atoms with Crippen molar-refractivity contribution in [2.75, 3.05) is 4.90 Å². The second-order valence-corrected chi connectivity index (χ2v) is 18.4. The average molecular weight is 843 g/mol. The number of hydrogen-bond donors (Lipinski definition) is 0. The first-order chi connectivity index (χ1) is 32.5. The van der Waals surface area contributed by atoms with Gasteiger partial charge in [0.25, 0.3) is 0 Å². The van der Waals surface area contributed by atoms with Crippen LogP contribution in [0.15, 0.2) is 243 Å². The Labute approximate surface area is 386 Å². The van der Waals surface area contributed by atoms with E-state index in [1.807, 2.05) is 0 Å². The second kappa shape index (κ2) is 14.7. The SMILES string of the molecule is CC1(C)c2ccccc2-c2ccc(N(c3ccccc3)c3ccc(-c4cc5c(c6c7ccccc7n(-c7ccccc7)c46)-c4ccccc4C5(c4ccccc4)c4ccccc4)cc3)cc21. The lowest BCUT2D eigenvalue weighted by Crippen LogP contribution is -2.28. The highest BCUT2D eigenvalue weighted by atomic mass is 15.1. The summed E-state index contributed by atoms with van der Waals surface area (Å²) in [6.45, 7) is 4.72. The van der Waals surface area contributed by atoms with Gasteiger partial charge in [-0.1, -0.05) is 196 Å². The number of benzene rings is 10. The predicted octanol–water partition coefficient (Wildman–Crippen LogP) is 16.6. The Kier molecular flexibility index (Phi) is 8.51. The van der Waals surface area contributed by atoms with Crippen LogP contribution in [0.25, 0.3) is 60.9 Å². The van der Waals surface area contributed by atoms with Gasteiger partial charge in [0.05, 0.1) is 16.4 Å². The van der Waals surface area contributed by atoms with Gasteiger partial charge in [-0.05, 0) is 122 Å². The number of para-hydroxylation sites is 3. The molecule has 10 aromatic carbocycles. The van der Waals surface area contributed by atoms with Crippen LogP contribution in [-0.4, -0.2) is 4.57 Å². The Hall–Kier alpha value is -8.20. The molecule has 0 N–H and O–H groups in total. The Balaban J connectivity index is 1.09. The summed E-state index contributed by atoms with van der Waals surface area (Å²) in [6, 6.07) is 90.0. The van der Waals surface area contributed by atoms with Gasteiger partial charge in [-0.3, -0.25) is 0 Å². The van der Waals surface area contributed by atoms with Crippen LogP contribution in [0.2, 0.25) is 0 Å². The van der Waals surface area contributed by atoms with Crippen LogP contribution in [0, 0.1) is 0 Å². The quantitative estimate of drug-likeness (QED) is 0.155. The third kappa shape index (κ3) is 5.42. The van der Waals surface area contributed by atoms with E-state index in [-0.39, 0.29) is 5.41 Å². The average Bonchev–Trinajstić information content (AvgIpc) is 3.96. The molecule has 11 aromatic rings. The van der Waals surface area contributed by atoms with E-state index < -0.39 is 5.41 Å². The summed E-state index contributed by atoms with van der Waals surface area (Å²) in [5, 5.41) is 2.52. The highest BCUT2D eigenvalue weighted by molar-refractivity contribution is 6.22. The smallest absolute Gasteiger partial charge is 0.0714 e. The number of anilines is 3. The van der Waals surface area contributed by atoms with E-state index in [1.54, 1.807) is 0 Å². The van der Waals surface area contributed by atoms with E-state index in [0.717, 1.165) is 28.3 Å². The van der Waals surface area contributed by atoms with Crippen molar-refractivity contribution < 1.29 is 0 Å². The fourth-order valence-electron chi connectivity index (χ4n) is 11.8. The highest BCUT2D eigenvalue weighted by Crippen LogP contribution is 2.60. The fraction of sp³-hybridized carbons (Fsp3) is 0.0625. The minimum Gasteiger partial charge on any atom is -0.310 e. The summed E-state index contributed by atoms with van der Waals surface area (Å²) in [6.07, 6.45) is 0. The van der Waals surface area contributed by atoms with Crippen LogP contribution < -0.4 is 4.90 Å². The standard InChI is InChI=1S/C64H46N2/c1-63(2)55-32-18-15-29-50(55)51-40-39-49(41-57(51)63)65(46-25-11-5-12-26-46)48-37-35-43(36-38-48)54-42-58-60(61-53-31-17-20-34-59(53)66(62(54)61)47-27-13-6-14-28-47)52-30-16-19-33-56(52)64(58,44-21-7-3-8-22-44)45-23-9-4-10-24-45/h3-42H,1-2H3. The predicted molar refractivity (Wildman–Crippen MR) is 276 cm³/mol. The van der Waals surface area contributed by atoms with Crippen molar-refractivity contribution in [2.45, 2.75) is 24.7 Å². The van der Waals surface area contributed by atoms with Crippen molar-refractivity contribution in [1.82, 2.24) is 4.57 Å². The number of fused-ring (bicyclic) bond motifs is 10. The van der Waals surface area contributed by atoms with Gasteiger partial charge in [0.15, 0.2) is 0 Å². The number of hydrogen-bond acceptors (Lipinski definition) is 1. The van der Waals surface area contributed by atoms with Crippen LogP contribution >= 0.6 is 0 Å². The summed E-state index contributed by atoms with van der Waals surface area (Å²) in [5.41, 5.74) is 21.7. The number of nitrogens with zero attached hydrogens (tertiary/aromatic N) is 2. The lowest BCUT2D eigenvalue weighted by Gasteiger charge is -2.34. The molecule has 0 atom stereocenters. The van der Waals surface area contributed by atoms with E-state index in [4.69, 9.17) is 0 Å². The molecule has 13 rings (SSSR count). The van der Waals surface area contributed by atoms with Crippen LogP contribution in [0.3, 0.4) is 0 Å². The summed E-state index contributed by atoms with van der Waals surface area (Å²) in [5.74, 6) is 0. The Morgan fingerprint density at radius 3 is 1.61 bits per heavy atom. The van der Waals surface area contributed by atoms with Gasteiger partial charge in [-0.2, -0.15) is 0 Å². The monoisotopic (exact) mass is 842 g/mol. The van der Waals surface area contributed by atoms with Crippen LogP contribution in [0.5, 0.6) is 0 Å². The van der Waals surface area contributed by atoms with Crippen molar-refractivity contribution >= 4 is 38.9 Å². The van der Waals surface area contributed by atoms with Crippen molar-refractivity contribution in [3.63, 3.8) is 0 Å². The summed E-state index contributed by atoms with van der Waals surface area (Å²) in [4.78, 5) is 2.41. The molecule has 0 saturated carbocycles. The van der Waals surface area contributed by atoms with Crippen LogP contribution in [0.4, 0.5) is 17.1 Å². The number of aromatic nitrogens is 1. The molecular formula is C64H46N2. The van der Waals surface area contributed by atoms with Gasteiger partial charge in [-0.15, -0.1) is 0 Å². The van der Waals surface area contributed by atoms with Crippen molar-refractivity contribution in [3.05, 3.63) is 276 Å². The van der Waals surface area contributed by atoms with Gasteiger partial charge in [0.2, 0.25) is 0 Å². The zero-order valence-corrected chi connectivity index (χ0v) is 37.0. The molecule has 2 heteroatoms. The molecule has 0 spiro atoms. The first-order valence-electron chi connectivity index (χ1n) is 23.1. The molecule has 2 aliphatic rings. The van der Waals surface area contributed by atoms with Crippen molar-refractivity contribution in [1.29, 1.82) is 0 Å². The number of rotatable bonds is 7. The second-order valence-electron chi connectivity index (χ2n) is 18.4. The van der Waals surface area contributed by atoms with E-state index in [1.165, 1.54) is 83.0 Å². The van der Waals surface area contributed by atoms with Crippen LogP contribution in [0.1, 0.15) is 47.2 Å². The van der Waals surface area contributed by atoms with Gasteiger partial charge in [0, 0.05) is 44.5 Å². The van der Waals surface area contributed by atoms with Gasteiger partial charge in [0.1, 0.15) is 0 Å². The summed E-state index contributed by atoms with van der Waals surface area (Å²) in [7, 11) is 0. The lowest BCUT2D eigenvalue weighted by molar-refractivity contribution is 0.660. The van der Waals surface area contributed by atoms with E-state index in [9.17, 15) is 0 Å². The van der Waals surface area contributed by atoms with Crippen molar-refractivity contribution in [3.8, 4) is 39.1 Å². The van der Waals surface area contributed by atoms with Crippen LogP contribution in [-0.2, 0) is 10.8 Å². The molecule has 0 saturated heterocycles. The topological polar surface area (TPSA) is 8.17 Å². The minimum absolute atomic E-state index is 0.112. The molecule has 0 radical (unpaired) electrons. The van der Waals surface area contributed by atoms with Crippen molar-refractivity contribution in [2.24, 2.45) is 0 Å². The summed E-state index contributed by atoms with van der Waals surface area (Å²) >= 11 is 0. The molecule has 2 aliphatic carbocycles. The zero-order valence-electron chi connectivity index (χ0n) is 37.0. The molecule has 0 bridgehead atoms. The van der Waals surface area contributed by atoms with E-state index >= 15 is 0 Å². The fourth-order valence-corrected chi connectivity index (χ4v) is 11.8. The van der Waals surface area contributed by atoms with Gasteiger partial charge >= 0.3 is 0 Å². The molecule has 312 valence electrons. The maximum atomic E-state index is 2.54. The first-order valence-corrected chi connectivity index (χ1v) is 23.1. The summed E-state index contributed by atoms with van der Waals surface area (Å²) < 4.78 is 2.50. The van der Waals surface area contributed by atoms with E-state index in [2.05, 4.69) is 266 Å². The molecule has 2 nitrogen and oxygen atoms in total. The molecule has 0 fully saturated rings. The molecule has 1 aromatic heterocycles. The van der Waals surface area contributed by atoms with Gasteiger partial charge < -0.3 is 9.47 Å². The third-order valence-corrected chi connectivity index (χ3v) is 14.6. The largest absolute Gasteiger partial charge is 0.310 e. The Bertz CT molecular complexity index is 3600. The molecule has 0 aliphatic heterocycles. The van der Waals surface area contributed by atoms with Gasteiger partial charge in [-0.25, -0.2) is 0 Å². The maximum absolute atomic E-state index is 2.54. The molecule has 1 heterocycles. The maximum Gasteiger partial charge on any atom is 0.0714 e. The Morgan fingerprint density at radius 1 is 0.379 bits per heavy atom. The highest BCUT2D eigenvalue weighted by Gasteiger charge is 2.47. The minimum atomic E-state index is -0.557. The normalized spacial score (nSPS) is 13.8. The molecule has 66 heavy (non-hydrogen) atoms. The zero-order chi connectivity index (χ0) is 44.0. The van der Waals surface area contributed by atoms with E-state index in [0.29, 0.717) is 0 Å². The first kappa shape index (κ1) is 38.3. The third-order valence-electron chi connectivity index (χ3n) is 14.6. The molecule has 0 unspecified atom stereocenters.